The Hall–Kier alpha value is -1.36. The van der Waals surface area contributed by atoms with E-state index in [0.717, 1.165) is 12.8 Å². The summed E-state index contributed by atoms with van der Waals surface area (Å²) in [6.07, 6.45) is 10.0. The molecule has 1 rings (SSSR count). The first kappa shape index (κ1) is 11.7. The molecule has 0 aromatic heterocycles. The van der Waals surface area contributed by atoms with Crippen molar-refractivity contribution in [1.82, 2.24) is 0 Å². The molecule has 15 heavy (non-hydrogen) atoms. The summed E-state index contributed by atoms with van der Waals surface area (Å²) in [6.45, 7) is 3.70. The van der Waals surface area contributed by atoms with Gasteiger partial charge in [-0.05, 0) is 13.3 Å². The van der Waals surface area contributed by atoms with Crippen LogP contribution in [0.5, 0.6) is 0 Å². The number of hydrogen-bond acceptors (Lipinski definition) is 2. The Morgan fingerprint density at radius 3 is 2.80 bits per heavy atom. The fourth-order valence-corrected chi connectivity index (χ4v) is 2.31. The van der Waals surface area contributed by atoms with E-state index in [0.29, 0.717) is 6.42 Å². The lowest BCUT2D eigenvalue weighted by atomic mass is 9.66. The first-order valence-corrected chi connectivity index (χ1v) is 5.41. The predicted octanol–water partition coefficient (Wildman–Crippen LogP) is 3.02. The van der Waals surface area contributed by atoms with Gasteiger partial charge in [0, 0.05) is 12.3 Å². The van der Waals surface area contributed by atoms with Gasteiger partial charge in [0.05, 0.1) is 11.5 Å². The van der Waals surface area contributed by atoms with Crippen LogP contribution < -0.4 is 0 Å². The fraction of sp³-hybridized carbons (Fsp3) is 0.538. The molecule has 2 heteroatoms. The summed E-state index contributed by atoms with van der Waals surface area (Å²) < 4.78 is 0. The van der Waals surface area contributed by atoms with Crippen LogP contribution in [0.25, 0.3) is 0 Å². The van der Waals surface area contributed by atoms with E-state index < -0.39 is 5.41 Å². The SMILES string of the molecule is CCCC1(C(C)=O)C=CC=CC1CC#N. The molecule has 2 nitrogen and oxygen atoms in total. The van der Waals surface area contributed by atoms with Crippen molar-refractivity contribution in [2.75, 3.05) is 0 Å². The van der Waals surface area contributed by atoms with Gasteiger partial charge >= 0.3 is 0 Å². The van der Waals surface area contributed by atoms with Gasteiger partial charge in [0.15, 0.2) is 0 Å². The van der Waals surface area contributed by atoms with Gasteiger partial charge in [-0.2, -0.15) is 5.26 Å². The fourth-order valence-electron chi connectivity index (χ4n) is 2.31. The summed E-state index contributed by atoms with van der Waals surface area (Å²) in [4.78, 5) is 11.8. The Labute approximate surface area is 91.3 Å². The molecule has 0 amide bonds. The van der Waals surface area contributed by atoms with E-state index in [1.165, 1.54) is 0 Å². The van der Waals surface area contributed by atoms with E-state index in [-0.39, 0.29) is 11.7 Å². The number of carbonyl (C=O) groups excluding carboxylic acids is 1. The molecular formula is C13H17NO. The first-order valence-electron chi connectivity index (χ1n) is 5.41. The van der Waals surface area contributed by atoms with E-state index >= 15 is 0 Å². The Morgan fingerprint density at radius 1 is 1.53 bits per heavy atom. The third-order valence-electron chi connectivity index (χ3n) is 3.14. The topological polar surface area (TPSA) is 40.9 Å². The molecule has 0 saturated heterocycles. The van der Waals surface area contributed by atoms with Crippen LogP contribution in [-0.2, 0) is 4.79 Å². The lowest BCUT2D eigenvalue weighted by molar-refractivity contribution is -0.126. The van der Waals surface area contributed by atoms with E-state index in [9.17, 15) is 4.79 Å². The van der Waals surface area contributed by atoms with E-state index in [2.05, 4.69) is 13.0 Å². The zero-order valence-electron chi connectivity index (χ0n) is 9.36. The minimum atomic E-state index is -0.431. The molecule has 0 fully saturated rings. The summed E-state index contributed by atoms with van der Waals surface area (Å²) in [5.74, 6) is 0.218. The molecule has 0 spiro atoms. The summed E-state index contributed by atoms with van der Waals surface area (Å²) in [5.41, 5.74) is -0.431. The zero-order chi connectivity index (χ0) is 11.3. The van der Waals surface area contributed by atoms with Gasteiger partial charge in [0.25, 0.3) is 0 Å². The Kier molecular flexibility index (Phi) is 3.85. The van der Waals surface area contributed by atoms with Crippen molar-refractivity contribution in [3.05, 3.63) is 24.3 Å². The second-order valence-corrected chi connectivity index (χ2v) is 4.06. The lowest BCUT2D eigenvalue weighted by Gasteiger charge is -2.35. The minimum absolute atomic E-state index is 0.0462. The molecule has 0 aromatic carbocycles. The first-order chi connectivity index (χ1) is 7.17. The summed E-state index contributed by atoms with van der Waals surface area (Å²) >= 11 is 0. The lowest BCUT2D eigenvalue weighted by Crippen LogP contribution is -2.35. The van der Waals surface area contributed by atoms with Crippen molar-refractivity contribution in [1.29, 1.82) is 5.26 Å². The molecule has 0 saturated carbocycles. The van der Waals surface area contributed by atoms with Gasteiger partial charge in [-0.15, -0.1) is 0 Å². The molecule has 80 valence electrons. The molecular weight excluding hydrogens is 186 g/mol. The maximum absolute atomic E-state index is 11.8. The highest BCUT2D eigenvalue weighted by molar-refractivity contribution is 5.85. The Bertz CT molecular complexity index is 335. The molecule has 0 heterocycles. The molecule has 0 bridgehead atoms. The van der Waals surface area contributed by atoms with Gasteiger partial charge in [-0.1, -0.05) is 37.6 Å². The Morgan fingerprint density at radius 2 is 2.27 bits per heavy atom. The quantitative estimate of drug-likeness (QED) is 0.704. The van der Waals surface area contributed by atoms with Crippen molar-refractivity contribution < 1.29 is 4.79 Å². The average molecular weight is 203 g/mol. The van der Waals surface area contributed by atoms with Crippen molar-refractivity contribution >= 4 is 5.78 Å². The maximum Gasteiger partial charge on any atom is 0.140 e. The Balaban J connectivity index is 3.02. The number of nitriles is 1. The molecule has 1 aliphatic carbocycles. The second-order valence-electron chi connectivity index (χ2n) is 4.06. The summed E-state index contributed by atoms with van der Waals surface area (Å²) in [5, 5.41) is 8.78. The highest BCUT2D eigenvalue weighted by atomic mass is 16.1. The van der Waals surface area contributed by atoms with Gasteiger partial charge in [-0.25, -0.2) is 0 Å². The van der Waals surface area contributed by atoms with Gasteiger partial charge in [0.1, 0.15) is 5.78 Å². The highest BCUT2D eigenvalue weighted by Gasteiger charge is 2.39. The standard InChI is InChI=1S/C13H17NO/c1-3-8-13(11(2)15)9-5-4-6-12(13)7-10-14/h4-6,9,12H,3,7-8H2,1-2H3. The number of allylic oxidation sites excluding steroid dienone is 4. The van der Waals surface area contributed by atoms with Gasteiger partial charge < -0.3 is 0 Å². The summed E-state index contributed by atoms with van der Waals surface area (Å²) in [6, 6.07) is 2.17. The minimum Gasteiger partial charge on any atom is -0.299 e. The summed E-state index contributed by atoms with van der Waals surface area (Å²) in [7, 11) is 0. The third kappa shape index (κ3) is 2.18. The van der Waals surface area contributed by atoms with E-state index in [4.69, 9.17) is 5.26 Å². The van der Waals surface area contributed by atoms with E-state index in [1.54, 1.807) is 6.92 Å². The predicted molar refractivity (Wildman–Crippen MR) is 60.0 cm³/mol. The van der Waals surface area contributed by atoms with Crippen LogP contribution in [0, 0.1) is 22.7 Å². The molecule has 0 aromatic rings. The smallest absolute Gasteiger partial charge is 0.140 e. The van der Waals surface area contributed by atoms with Crippen molar-refractivity contribution in [2.24, 2.45) is 11.3 Å². The molecule has 0 radical (unpaired) electrons. The zero-order valence-corrected chi connectivity index (χ0v) is 9.36. The van der Waals surface area contributed by atoms with Crippen molar-refractivity contribution in [2.45, 2.75) is 33.1 Å². The van der Waals surface area contributed by atoms with E-state index in [1.807, 2.05) is 24.3 Å². The van der Waals surface area contributed by atoms with Crippen LogP contribution >= 0.6 is 0 Å². The van der Waals surface area contributed by atoms with Crippen molar-refractivity contribution in [3.63, 3.8) is 0 Å². The maximum atomic E-state index is 11.8. The number of nitrogens with zero attached hydrogens (tertiary/aromatic N) is 1. The number of rotatable bonds is 4. The van der Waals surface area contributed by atoms with Crippen LogP contribution in [0.1, 0.15) is 33.1 Å². The number of carbonyl (C=O) groups is 1. The van der Waals surface area contributed by atoms with Crippen molar-refractivity contribution in [3.8, 4) is 6.07 Å². The molecule has 2 atom stereocenters. The monoisotopic (exact) mass is 203 g/mol. The van der Waals surface area contributed by atoms with Crippen LogP contribution in [-0.4, -0.2) is 5.78 Å². The normalized spacial score (nSPS) is 28.7. The number of Topliss-reactive ketones (excluding diaryl/α,β-unsaturated/α-hetero) is 1. The van der Waals surface area contributed by atoms with Gasteiger partial charge in [0.2, 0.25) is 0 Å². The third-order valence-corrected chi connectivity index (χ3v) is 3.14. The van der Waals surface area contributed by atoms with Crippen LogP contribution in [0.2, 0.25) is 0 Å². The molecule has 1 aliphatic rings. The number of hydrogen-bond donors (Lipinski definition) is 0. The highest BCUT2D eigenvalue weighted by Crippen LogP contribution is 2.40. The van der Waals surface area contributed by atoms with Crippen LogP contribution in [0.15, 0.2) is 24.3 Å². The second kappa shape index (κ2) is 4.93. The van der Waals surface area contributed by atoms with Gasteiger partial charge in [-0.3, -0.25) is 4.79 Å². The average Bonchev–Trinajstić information content (AvgIpc) is 2.21. The largest absolute Gasteiger partial charge is 0.299 e. The van der Waals surface area contributed by atoms with Crippen LogP contribution in [0.3, 0.4) is 0 Å². The number of ketones is 1. The molecule has 2 unspecified atom stereocenters. The van der Waals surface area contributed by atoms with Crippen LogP contribution in [0.4, 0.5) is 0 Å². The molecule has 0 N–H and O–H groups in total. The molecule has 0 aliphatic heterocycles.